The molecule has 5 aromatic rings. The number of pyridine rings is 1. The molecule has 39 heavy (non-hydrogen) atoms. The first-order valence-corrected chi connectivity index (χ1v) is 14.0. The van der Waals surface area contributed by atoms with E-state index in [1.807, 2.05) is 13.8 Å². The fourth-order valence-electron chi connectivity index (χ4n) is 4.10. The van der Waals surface area contributed by atoms with Crippen LogP contribution in [0, 0.1) is 17.6 Å². The van der Waals surface area contributed by atoms with E-state index in [0.717, 1.165) is 6.26 Å². The quantitative estimate of drug-likeness (QED) is 0.233. The SMILES string of the molecule is CC(C)Cn1c(NOS(C)(=O)=O)nc2ccc(-c3cn(-c4ccccc4F)c(-c4c(F)cccc4Cl)n3)nc21. The van der Waals surface area contributed by atoms with Crippen molar-refractivity contribution in [3.63, 3.8) is 0 Å². The van der Waals surface area contributed by atoms with Gasteiger partial charge >= 0.3 is 0 Å². The number of hydrogen-bond acceptors (Lipinski definition) is 7. The van der Waals surface area contributed by atoms with E-state index in [0.29, 0.717) is 29.1 Å². The van der Waals surface area contributed by atoms with E-state index in [9.17, 15) is 17.2 Å². The Morgan fingerprint density at radius 1 is 0.974 bits per heavy atom. The van der Waals surface area contributed by atoms with Gasteiger partial charge in [-0.25, -0.2) is 29.2 Å². The molecule has 0 bridgehead atoms. The molecule has 0 saturated heterocycles. The molecule has 3 heterocycles. The zero-order chi connectivity index (χ0) is 27.9. The zero-order valence-corrected chi connectivity index (χ0v) is 22.6. The first-order chi connectivity index (χ1) is 18.5. The summed E-state index contributed by atoms with van der Waals surface area (Å²) < 4.78 is 60.7. The molecule has 0 spiro atoms. The third-order valence-corrected chi connectivity index (χ3v) is 6.39. The van der Waals surface area contributed by atoms with Crippen molar-refractivity contribution >= 4 is 38.8 Å². The van der Waals surface area contributed by atoms with E-state index in [1.165, 1.54) is 28.8 Å². The first-order valence-electron chi connectivity index (χ1n) is 11.8. The van der Waals surface area contributed by atoms with Gasteiger partial charge in [0, 0.05) is 12.7 Å². The minimum absolute atomic E-state index is 0.0176. The number of aromatic nitrogens is 5. The van der Waals surface area contributed by atoms with E-state index in [4.69, 9.17) is 20.9 Å². The Labute approximate surface area is 228 Å². The molecule has 3 aromatic heterocycles. The van der Waals surface area contributed by atoms with Gasteiger partial charge < -0.3 is 0 Å². The molecule has 0 amide bonds. The van der Waals surface area contributed by atoms with Gasteiger partial charge in [-0.2, -0.15) is 8.42 Å². The van der Waals surface area contributed by atoms with Gasteiger partial charge in [0.25, 0.3) is 10.1 Å². The number of para-hydroxylation sites is 1. The Balaban J connectivity index is 1.69. The molecule has 9 nitrogen and oxygen atoms in total. The highest BCUT2D eigenvalue weighted by atomic mass is 35.5. The molecule has 0 saturated carbocycles. The lowest BCUT2D eigenvalue weighted by atomic mass is 10.2. The van der Waals surface area contributed by atoms with Gasteiger partial charge in [-0.15, -0.1) is 4.28 Å². The monoisotopic (exact) mass is 572 g/mol. The summed E-state index contributed by atoms with van der Waals surface area (Å²) in [4.78, 5) is 13.8. The third kappa shape index (κ3) is 5.49. The zero-order valence-electron chi connectivity index (χ0n) is 21.1. The summed E-state index contributed by atoms with van der Waals surface area (Å²) in [7, 11) is -3.79. The smallest absolute Gasteiger partial charge is 0.285 e. The van der Waals surface area contributed by atoms with Crippen LogP contribution in [0.3, 0.4) is 0 Å². The number of rotatable bonds is 8. The summed E-state index contributed by atoms with van der Waals surface area (Å²) >= 11 is 6.35. The Morgan fingerprint density at radius 3 is 2.41 bits per heavy atom. The van der Waals surface area contributed by atoms with Crippen LogP contribution in [0.15, 0.2) is 60.8 Å². The molecular weight excluding hydrogens is 550 g/mol. The second kappa shape index (κ2) is 10.4. The van der Waals surface area contributed by atoms with Gasteiger partial charge in [-0.1, -0.05) is 43.6 Å². The standard InChI is InChI=1S/C26H23ClF2N6O3S/c1-15(2)13-35-24-20(32-26(35)33-38-39(3,36)37)12-11-19(30-24)21-14-34(22-10-5-4-8-17(22)28)25(31-21)23-16(27)7-6-9-18(23)29/h4-12,14-15H,13H2,1-3H3,(H,32,33). The van der Waals surface area contributed by atoms with Gasteiger partial charge in [0.2, 0.25) is 5.95 Å². The van der Waals surface area contributed by atoms with E-state index in [2.05, 4.69) is 15.4 Å². The highest BCUT2D eigenvalue weighted by molar-refractivity contribution is 7.86. The van der Waals surface area contributed by atoms with Crippen LogP contribution in [0.1, 0.15) is 13.8 Å². The number of nitrogens with one attached hydrogen (secondary N) is 1. The Hall–Kier alpha value is -3.87. The van der Waals surface area contributed by atoms with Gasteiger partial charge in [0.1, 0.15) is 28.7 Å². The lowest BCUT2D eigenvalue weighted by Gasteiger charge is -2.11. The molecule has 0 aliphatic rings. The number of hydrogen-bond donors (Lipinski definition) is 1. The van der Waals surface area contributed by atoms with Crippen LogP contribution in [0.5, 0.6) is 0 Å². The number of nitrogens with zero attached hydrogens (tertiary/aromatic N) is 5. The number of anilines is 1. The fourth-order valence-corrected chi connectivity index (χ4v) is 4.57. The number of fused-ring (bicyclic) bond motifs is 1. The topological polar surface area (TPSA) is 104 Å². The van der Waals surface area contributed by atoms with Crippen molar-refractivity contribution in [1.82, 2.24) is 24.1 Å². The van der Waals surface area contributed by atoms with Crippen molar-refractivity contribution in [2.24, 2.45) is 5.92 Å². The average molecular weight is 573 g/mol. The summed E-state index contributed by atoms with van der Waals surface area (Å²) in [5, 5.41) is 0.116. The average Bonchev–Trinajstić information content (AvgIpc) is 3.44. The summed E-state index contributed by atoms with van der Waals surface area (Å²) in [5.74, 6) is -0.738. The van der Waals surface area contributed by atoms with Crippen molar-refractivity contribution in [2.45, 2.75) is 20.4 Å². The van der Waals surface area contributed by atoms with E-state index >= 15 is 0 Å². The van der Waals surface area contributed by atoms with Crippen molar-refractivity contribution in [2.75, 3.05) is 11.7 Å². The predicted octanol–water partition coefficient (Wildman–Crippen LogP) is 5.84. The van der Waals surface area contributed by atoms with Crippen LogP contribution in [0.2, 0.25) is 5.02 Å². The van der Waals surface area contributed by atoms with Crippen molar-refractivity contribution in [1.29, 1.82) is 0 Å². The van der Waals surface area contributed by atoms with Gasteiger partial charge in [0.05, 0.1) is 28.2 Å². The van der Waals surface area contributed by atoms with Crippen LogP contribution in [0.25, 0.3) is 39.6 Å². The molecule has 5 rings (SSSR count). The molecule has 0 unspecified atom stereocenters. The molecule has 0 fully saturated rings. The van der Waals surface area contributed by atoms with Crippen LogP contribution >= 0.6 is 11.6 Å². The van der Waals surface area contributed by atoms with Crippen molar-refractivity contribution in [3.8, 4) is 28.5 Å². The Kier molecular flexibility index (Phi) is 7.10. The summed E-state index contributed by atoms with van der Waals surface area (Å²) in [5.41, 5.74) is 4.20. The molecule has 13 heteroatoms. The molecule has 0 aliphatic heterocycles. The van der Waals surface area contributed by atoms with Crippen molar-refractivity contribution < 1.29 is 21.5 Å². The van der Waals surface area contributed by atoms with Crippen LogP contribution < -0.4 is 5.48 Å². The molecule has 1 N–H and O–H groups in total. The maximum atomic E-state index is 15.0. The maximum Gasteiger partial charge on any atom is 0.285 e. The van der Waals surface area contributed by atoms with E-state index in [-0.39, 0.29) is 34.0 Å². The maximum absolute atomic E-state index is 15.0. The number of imidazole rings is 2. The second-order valence-electron chi connectivity index (χ2n) is 9.24. The normalized spacial score (nSPS) is 12.0. The molecule has 2 aromatic carbocycles. The lowest BCUT2D eigenvalue weighted by Crippen LogP contribution is -2.15. The fraction of sp³-hybridized carbons (Fsp3) is 0.192. The predicted molar refractivity (Wildman–Crippen MR) is 145 cm³/mol. The minimum Gasteiger partial charge on any atom is -0.296 e. The molecule has 0 aliphatic carbocycles. The number of halogens is 3. The first kappa shape index (κ1) is 26.7. The van der Waals surface area contributed by atoms with E-state index < -0.39 is 21.8 Å². The molecular formula is C26H23ClF2N6O3S. The number of benzene rings is 2. The molecule has 202 valence electrons. The molecule has 0 radical (unpaired) electrons. The summed E-state index contributed by atoms with van der Waals surface area (Å²) in [6.07, 6.45) is 2.47. The summed E-state index contributed by atoms with van der Waals surface area (Å²) in [6, 6.07) is 13.7. The third-order valence-electron chi connectivity index (χ3n) is 5.69. The van der Waals surface area contributed by atoms with Crippen LogP contribution in [-0.2, 0) is 20.9 Å². The van der Waals surface area contributed by atoms with Gasteiger partial charge in [-0.05, 0) is 42.3 Å². The van der Waals surface area contributed by atoms with Crippen LogP contribution in [-0.4, -0.2) is 38.8 Å². The van der Waals surface area contributed by atoms with Gasteiger partial charge in [-0.3, -0.25) is 9.13 Å². The minimum atomic E-state index is -3.79. The highest BCUT2D eigenvalue weighted by Crippen LogP contribution is 2.34. The Bertz CT molecular complexity index is 1780. The Morgan fingerprint density at radius 2 is 1.72 bits per heavy atom. The van der Waals surface area contributed by atoms with Gasteiger partial charge in [0.15, 0.2) is 5.65 Å². The van der Waals surface area contributed by atoms with E-state index in [1.54, 1.807) is 41.1 Å². The highest BCUT2D eigenvalue weighted by Gasteiger charge is 2.22. The molecule has 0 atom stereocenters. The van der Waals surface area contributed by atoms with Crippen molar-refractivity contribution in [3.05, 3.63) is 77.5 Å². The van der Waals surface area contributed by atoms with Crippen LogP contribution in [0.4, 0.5) is 14.7 Å². The second-order valence-corrected chi connectivity index (χ2v) is 11.2. The summed E-state index contributed by atoms with van der Waals surface area (Å²) in [6.45, 7) is 4.41. The lowest BCUT2D eigenvalue weighted by molar-refractivity contribution is 0.385. The largest absolute Gasteiger partial charge is 0.296 e.